The van der Waals surface area contributed by atoms with E-state index in [4.69, 9.17) is 27.8 Å². The first-order chi connectivity index (χ1) is 13.6. The van der Waals surface area contributed by atoms with Crippen LogP contribution < -0.4 is 21.1 Å². The maximum absolute atomic E-state index is 6.18. The molecule has 0 saturated carbocycles. The van der Waals surface area contributed by atoms with Crippen LogP contribution in [0.4, 0.5) is 5.69 Å². The van der Waals surface area contributed by atoms with Crippen molar-refractivity contribution >= 4 is 29.2 Å². The SMILES string of the molecule is NC1=NC(c2cccc(Oc3ccccc3)c2)N(c2ccc(Cl)cc2)C(N)=N1. The fourth-order valence-corrected chi connectivity index (χ4v) is 3.10. The van der Waals surface area contributed by atoms with Crippen LogP contribution in [0.25, 0.3) is 0 Å². The monoisotopic (exact) mass is 391 g/mol. The van der Waals surface area contributed by atoms with E-state index in [-0.39, 0.29) is 11.9 Å². The molecule has 1 aliphatic rings. The van der Waals surface area contributed by atoms with Gasteiger partial charge in [0.25, 0.3) is 0 Å². The van der Waals surface area contributed by atoms with Gasteiger partial charge in [0.15, 0.2) is 6.17 Å². The number of guanidine groups is 2. The van der Waals surface area contributed by atoms with Gasteiger partial charge in [-0.25, -0.2) is 4.99 Å². The van der Waals surface area contributed by atoms with Gasteiger partial charge in [0, 0.05) is 16.3 Å². The number of halogens is 1. The Morgan fingerprint density at radius 3 is 2.32 bits per heavy atom. The molecule has 0 amide bonds. The highest BCUT2D eigenvalue weighted by Gasteiger charge is 2.27. The van der Waals surface area contributed by atoms with Crippen LogP contribution >= 0.6 is 11.6 Å². The minimum Gasteiger partial charge on any atom is -0.457 e. The molecule has 0 bridgehead atoms. The molecule has 0 aliphatic carbocycles. The quantitative estimate of drug-likeness (QED) is 0.694. The van der Waals surface area contributed by atoms with E-state index in [1.165, 1.54) is 0 Å². The molecule has 4 rings (SSSR count). The highest BCUT2D eigenvalue weighted by atomic mass is 35.5. The summed E-state index contributed by atoms with van der Waals surface area (Å²) >= 11 is 6.02. The number of rotatable bonds is 4. The van der Waals surface area contributed by atoms with Gasteiger partial charge in [-0.2, -0.15) is 4.99 Å². The lowest BCUT2D eigenvalue weighted by atomic mass is 10.1. The smallest absolute Gasteiger partial charge is 0.221 e. The molecule has 1 unspecified atom stereocenters. The summed E-state index contributed by atoms with van der Waals surface area (Å²) < 4.78 is 5.94. The van der Waals surface area contributed by atoms with Crippen LogP contribution in [-0.4, -0.2) is 11.9 Å². The van der Waals surface area contributed by atoms with Gasteiger partial charge in [-0.15, -0.1) is 0 Å². The molecule has 28 heavy (non-hydrogen) atoms. The van der Waals surface area contributed by atoms with Gasteiger partial charge < -0.3 is 16.2 Å². The molecular formula is C21H18ClN5O. The predicted octanol–water partition coefficient (Wildman–Crippen LogP) is 4.28. The Morgan fingerprint density at radius 1 is 0.857 bits per heavy atom. The maximum atomic E-state index is 6.18. The third-order valence-corrected chi connectivity index (χ3v) is 4.47. The number of hydrogen-bond acceptors (Lipinski definition) is 6. The van der Waals surface area contributed by atoms with Gasteiger partial charge in [-0.1, -0.05) is 41.9 Å². The first kappa shape index (κ1) is 17.9. The predicted molar refractivity (Wildman–Crippen MR) is 113 cm³/mol. The topological polar surface area (TPSA) is 89.2 Å². The summed E-state index contributed by atoms with van der Waals surface area (Å²) in [6, 6.07) is 24.5. The fraction of sp³-hybridized carbons (Fsp3) is 0.0476. The van der Waals surface area contributed by atoms with Crippen molar-refractivity contribution in [3.05, 3.63) is 89.4 Å². The number of hydrogen-bond donors (Lipinski definition) is 2. The molecule has 3 aromatic carbocycles. The zero-order chi connectivity index (χ0) is 19.5. The van der Waals surface area contributed by atoms with E-state index in [9.17, 15) is 0 Å². The summed E-state index contributed by atoms with van der Waals surface area (Å²) in [5.74, 6) is 1.83. The Labute approximate surface area is 167 Å². The fourth-order valence-electron chi connectivity index (χ4n) is 2.97. The van der Waals surface area contributed by atoms with Crippen LogP contribution in [0.15, 0.2) is 88.8 Å². The Hall–Kier alpha value is -3.51. The number of ether oxygens (including phenoxy) is 1. The van der Waals surface area contributed by atoms with Crippen molar-refractivity contribution in [1.29, 1.82) is 0 Å². The minimum atomic E-state index is -0.474. The lowest BCUT2D eigenvalue weighted by molar-refractivity contribution is 0.481. The Balaban J connectivity index is 1.70. The third-order valence-electron chi connectivity index (χ3n) is 4.21. The van der Waals surface area contributed by atoms with E-state index in [2.05, 4.69) is 9.98 Å². The van der Waals surface area contributed by atoms with Gasteiger partial charge in [-0.05, 0) is 48.5 Å². The van der Waals surface area contributed by atoms with E-state index in [1.54, 1.807) is 17.0 Å². The summed E-state index contributed by atoms with van der Waals surface area (Å²) in [7, 11) is 0. The van der Waals surface area contributed by atoms with E-state index >= 15 is 0 Å². The van der Waals surface area contributed by atoms with Crippen LogP contribution in [0, 0.1) is 0 Å². The van der Waals surface area contributed by atoms with Crippen LogP contribution in [0.3, 0.4) is 0 Å². The number of aliphatic imine (C=N–C) groups is 2. The molecule has 0 fully saturated rings. The summed E-state index contributed by atoms with van der Waals surface area (Å²) in [4.78, 5) is 10.4. The first-order valence-corrected chi connectivity index (χ1v) is 9.03. The second-order valence-corrected chi connectivity index (χ2v) is 6.60. The molecule has 0 saturated heterocycles. The number of para-hydroxylation sites is 1. The molecule has 140 valence electrons. The van der Waals surface area contributed by atoms with Crippen molar-refractivity contribution in [2.24, 2.45) is 21.5 Å². The van der Waals surface area contributed by atoms with Crippen molar-refractivity contribution < 1.29 is 4.74 Å². The molecule has 0 spiro atoms. The highest BCUT2D eigenvalue weighted by molar-refractivity contribution is 6.30. The van der Waals surface area contributed by atoms with Crippen molar-refractivity contribution in [3.63, 3.8) is 0 Å². The van der Waals surface area contributed by atoms with Gasteiger partial charge in [0.05, 0.1) is 0 Å². The van der Waals surface area contributed by atoms with Gasteiger partial charge >= 0.3 is 0 Å². The number of nitrogens with two attached hydrogens (primary N) is 2. The van der Waals surface area contributed by atoms with Crippen molar-refractivity contribution in [3.8, 4) is 11.5 Å². The molecule has 1 aliphatic heterocycles. The zero-order valence-corrected chi connectivity index (χ0v) is 15.6. The molecule has 7 heteroatoms. The molecule has 3 aromatic rings. The van der Waals surface area contributed by atoms with Crippen LogP contribution in [0.1, 0.15) is 11.7 Å². The molecular weight excluding hydrogens is 374 g/mol. The van der Waals surface area contributed by atoms with Crippen LogP contribution in [0.2, 0.25) is 5.02 Å². The number of benzene rings is 3. The van der Waals surface area contributed by atoms with E-state index in [0.29, 0.717) is 10.8 Å². The second kappa shape index (κ2) is 7.62. The minimum absolute atomic E-state index is 0.127. The maximum Gasteiger partial charge on any atom is 0.221 e. The average molecular weight is 392 g/mol. The Morgan fingerprint density at radius 2 is 1.57 bits per heavy atom. The molecule has 0 aromatic heterocycles. The Kier molecular flexibility index (Phi) is 4.87. The van der Waals surface area contributed by atoms with Gasteiger partial charge in [-0.3, -0.25) is 4.90 Å². The summed E-state index contributed by atoms with van der Waals surface area (Å²) in [6.07, 6.45) is -0.474. The Bertz CT molecular complexity index is 1030. The summed E-state index contributed by atoms with van der Waals surface area (Å²) in [5.41, 5.74) is 13.7. The standard InChI is InChI=1S/C21H18ClN5O/c22-15-9-11-16(12-10-15)27-19(25-20(23)26-21(27)24)14-5-4-8-18(13-14)28-17-6-2-1-3-7-17/h1-13,19H,(H4,23,24,25,26). The molecule has 0 radical (unpaired) electrons. The zero-order valence-electron chi connectivity index (χ0n) is 14.9. The van der Waals surface area contributed by atoms with Crippen molar-refractivity contribution in [2.45, 2.75) is 6.17 Å². The van der Waals surface area contributed by atoms with Crippen LogP contribution in [-0.2, 0) is 0 Å². The molecule has 6 nitrogen and oxygen atoms in total. The highest BCUT2D eigenvalue weighted by Crippen LogP contribution is 2.33. The van der Waals surface area contributed by atoms with E-state index < -0.39 is 6.17 Å². The second-order valence-electron chi connectivity index (χ2n) is 6.16. The van der Waals surface area contributed by atoms with Crippen molar-refractivity contribution in [2.75, 3.05) is 4.90 Å². The van der Waals surface area contributed by atoms with E-state index in [0.717, 1.165) is 17.0 Å². The van der Waals surface area contributed by atoms with Crippen LogP contribution in [0.5, 0.6) is 11.5 Å². The van der Waals surface area contributed by atoms with Gasteiger partial charge in [0.1, 0.15) is 11.5 Å². The summed E-state index contributed by atoms with van der Waals surface area (Å²) in [5, 5.41) is 0.633. The summed E-state index contributed by atoms with van der Waals surface area (Å²) in [6.45, 7) is 0. The van der Waals surface area contributed by atoms with E-state index in [1.807, 2.05) is 66.7 Å². The lowest BCUT2D eigenvalue weighted by Gasteiger charge is -2.32. The number of nitrogens with zero attached hydrogens (tertiary/aromatic N) is 3. The molecule has 1 heterocycles. The third kappa shape index (κ3) is 3.77. The normalized spacial score (nSPS) is 16.3. The first-order valence-electron chi connectivity index (χ1n) is 8.65. The van der Waals surface area contributed by atoms with Gasteiger partial charge in [0.2, 0.25) is 11.9 Å². The average Bonchev–Trinajstić information content (AvgIpc) is 2.69. The molecule has 4 N–H and O–H groups in total. The van der Waals surface area contributed by atoms with Crippen molar-refractivity contribution in [1.82, 2.24) is 0 Å². The largest absolute Gasteiger partial charge is 0.457 e. The number of anilines is 1. The lowest BCUT2D eigenvalue weighted by Crippen LogP contribution is -2.44. The molecule has 1 atom stereocenters.